The summed E-state index contributed by atoms with van der Waals surface area (Å²) in [6, 6.07) is 8.20. The molecule has 1 aliphatic carbocycles. The third-order valence-electron chi connectivity index (χ3n) is 7.60. The van der Waals surface area contributed by atoms with Crippen LogP contribution in [0.3, 0.4) is 0 Å². The lowest BCUT2D eigenvalue weighted by Crippen LogP contribution is -2.46. The minimum Gasteiger partial charge on any atom is -0.446 e. The normalized spacial score (nSPS) is 20.2. The van der Waals surface area contributed by atoms with E-state index >= 15 is 0 Å². The number of fused-ring (bicyclic) bond motifs is 1. The van der Waals surface area contributed by atoms with Crippen molar-refractivity contribution in [2.45, 2.75) is 56.7 Å². The second kappa shape index (κ2) is 11.4. The molecule has 2 N–H and O–H groups in total. The fourth-order valence-electron chi connectivity index (χ4n) is 5.42. The molecule has 9 nitrogen and oxygen atoms in total. The van der Waals surface area contributed by atoms with E-state index in [-0.39, 0.29) is 30.2 Å². The van der Waals surface area contributed by atoms with Gasteiger partial charge in [-0.15, -0.1) is 0 Å². The van der Waals surface area contributed by atoms with Gasteiger partial charge in [0.1, 0.15) is 6.10 Å². The van der Waals surface area contributed by atoms with E-state index in [0.29, 0.717) is 42.6 Å². The smallest absolute Gasteiger partial charge is 0.410 e. The molecule has 0 bridgehead atoms. The number of ether oxygens (including phenoxy) is 1. The molecule has 2 atom stereocenters. The van der Waals surface area contributed by atoms with Crippen LogP contribution in [0.1, 0.15) is 38.5 Å². The molecule has 0 spiro atoms. The lowest BCUT2D eigenvalue weighted by Gasteiger charge is -2.37. The molecule has 2 aliphatic rings. The lowest BCUT2D eigenvalue weighted by atomic mass is 9.90. The van der Waals surface area contributed by atoms with Crippen LogP contribution in [0.25, 0.3) is 22.2 Å². The molecule has 2 amide bonds. The van der Waals surface area contributed by atoms with E-state index in [9.17, 15) is 9.59 Å². The minimum absolute atomic E-state index is 0.0524. The Morgan fingerprint density at radius 3 is 2.82 bits per heavy atom. The van der Waals surface area contributed by atoms with Crippen molar-refractivity contribution in [2.24, 2.45) is 0 Å². The Kier molecular flexibility index (Phi) is 7.83. The van der Waals surface area contributed by atoms with Crippen LogP contribution < -0.4 is 5.32 Å². The number of aromatic amines is 1. The van der Waals surface area contributed by atoms with Crippen LogP contribution in [0.4, 0.5) is 10.7 Å². The first-order valence-corrected chi connectivity index (χ1v) is 13.5. The summed E-state index contributed by atoms with van der Waals surface area (Å²) < 4.78 is 5.79. The number of amides is 2. The standard InChI is InChI=1S/C28H33ClN6O3/c1-3-25(36)35-13-11-20(12-14-35)38-28(37)34(2)19-8-6-7-18(15-19)32-27-31-17-23(29)26(33-27)22-16-30-24-10-5-4-9-21(22)24/h3-5,9-10,16-20,30H,1,6-8,11-15H2,2H3,(H,31,32,33)/t18-,19+/m1/s1. The summed E-state index contributed by atoms with van der Waals surface area (Å²) in [5, 5.41) is 5.01. The van der Waals surface area contributed by atoms with Crippen LogP contribution in [-0.2, 0) is 9.53 Å². The van der Waals surface area contributed by atoms with Crippen molar-refractivity contribution in [2.75, 3.05) is 25.5 Å². The van der Waals surface area contributed by atoms with E-state index < -0.39 is 0 Å². The SMILES string of the molecule is C=CC(=O)N1CCC(OC(=O)N(C)[C@H]2CCC[C@@H](Nc3ncc(Cl)c(-c4c[nH]c5ccccc45)n3)C2)CC1. The van der Waals surface area contributed by atoms with E-state index in [2.05, 4.69) is 21.9 Å². The molecule has 1 saturated heterocycles. The maximum absolute atomic E-state index is 12.9. The highest BCUT2D eigenvalue weighted by Crippen LogP contribution is 2.33. The Labute approximate surface area is 227 Å². The summed E-state index contributed by atoms with van der Waals surface area (Å²) in [6.45, 7) is 4.68. The van der Waals surface area contributed by atoms with Gasteiger partial charge < -0.3 is 24.8 Å². The molecular weight excluding hydrogens is 504 g/mol. The van der Waals surface area contributed by atoms with Crippen LogP contribution in [-0.4, -0.2) is 75.1 Å². The van der Waals surface area contributed by atoms with Gasteiger partial charge in [-0.1, -0.05) is 36.4 Å². The van der Waals surface area contributed by atoms with Crippen molar-refractivity contribution in [1.82, 2.24) is 24.8 Å². The third kappa shape index (κ3) is 5.62. The number of piperidine rings is 1. The van der Waals surface area contributed by atoms with Crippen molar-refractivity contribution >= 4 is 40.5 Å². The van der Waals surface area contributed by atoms with Crippen LogP contribution in [0, 0.1) is 0 Å². The first-order valence-electron chi connectivity index (χ1n) is 13.1. The zero-order chi connectivity index (χ0) is 26.6. The number of H-pyrrole nitrogens is 1. The first-order chi connectivity index (χ1) is 18.4. The quantitative estimate of drug-likeness (QED) is 0.417. The van der Waals surface area contributed by atoms with Gasteiger partial charge in [-0.05, 0) is 37.8 Å². The zero-order valence-corrected chi connectivity index (χ0v) is 22.3. The highest BCUT2D eigenvalue weighted by molar-refractivity contribution is 6.33. The van der Waals surface area contributed by atoms with Gasteiger partial charge >= 0.3 is 6.09 Å². The summed E-state index contributed by atoms with van der Waals surface area (Å²) in [6.07, 6.45) is 9.29. The number of halogens is 1. The molecule has 5 rings (SSSR count). The Morgan fingerprint density at radius 2 is 2.03 bits per heavy atom. The Hall–Kier alpha value is -3.59. The summed E-state index contributed by atoms with van der Waals surface area (Å²) in [5.74, 6) is 0.442. The van der Waals surface area contributed by atoms with E-state index in [1.807, 2.05) is 30.5 Å². The number of aromatic nitrogens is 3. The minimum atomic E-state index is -0.312. The highest BCUT2D eigenvalue weighted by atomic mass is 35.5. The van der Waals surface area contributed by atoms with E-state index in [1.165, 1.54) is 6.08 Å². The number of hydrogen-bond donors (Lipinski definition) is 2. The topological polar surface area (TPSA) is 103 Å². The average Bonchev–Trinajstić information content (AvgIpc) is 3.38. The maximum Gasteiger partial charge on any atom is 0.410 e. The second-order valence-corrected chi connectivity index (χ2v) is 10.4. The number of carbonyl (C=O) groups excluding carboxylic acids is 2. The Morgan fingerprint density at radius 1 is 1.24 bits per heavy atom. The summed E-state index contributed by atoms with van der Waals surface area (Å²) in [7, 11) is 1.81. The average molecular weight is 537 g/mol. The van der Waals surface area contributed by atoms with Gasteiger partial charge in [-0.3, -0.25) is 4.79 Å². The largest absolute Gasteiger partial charge is 0.446 e. The number of nitrogens with one attached hydrogen (secondary N) is 2. The van der Waals surface area contributed by atoms with Crippen LogP contribution in [0.2, 0.25) is 5.02 Å². The van der Waals surface area contributed by atoms with Crippen LogP contribution >= 0.6 is 11.6 Å². The molecular formula is C28H33ClN6O3. The molecule has 10 heteroatoms. The molecule has 0 radical (unpaired) electrons. The molecule has 3 heterocycles. The highest BCUT2D eigenvalue weighted by Gasteiger charge is 2.31. The van der Waals surface area contributed by atoms with Crippen molar-refractivity contribution in [3.05, 3.63) is 54.3 Å². The second-order valence-electron chi connectivity index (χ2n) is 10.0. The first kappa shape index (κ1) is 26.0. The number of hydrogen-bond acceptors (Lipinski definition) is 6. The molecule has 1 aromatic carbocycles. The van der Waals surface area contributed by atoms with Gasteiger partial charge in [0, 0.05) is 67.7 Å². The fraction of sp³-hybridized carbons (Fsp3) is 0.429. The monoisotopic (exact) mass is 536 g/mol. The zero-order valence-electron chi connectivity index (χ0n) is 21.5. The van der Waals surface area contributed by atoms with Crippen LogP contribution in [0.5, 0.6) is 0 Å². The van der Waals surface area contributed by atoms with Gasteiger partial charge in [-0.25, -0.2) is 14.8 Å². The lowest BCUT2D eigenvalue weighted by molar-refractivity contribution is -0.128. The Bertz CT molecular complexity index is 1320. The van der Waals surface area contributed by atoms with Crippen molar-refractivity contribution < 1.29 is 14.3 Å². The summed E-state index contributed by atoms with van der Waals surface area (Å²) in [4.78, 5) is 40.6. The third-order valence-corrected chi connectivity index (χ3v) is 7.88. The van der Waals surface area contributed by atoms with E-state index in [1.54, 1.807) is 23.0 Å². The molecule has 0 unspecified atom stereocenters. The number of rotatable bonds is 6. The van der Waals surface area contributed by atoms with Gasteiger partial charge in [0.2, 0.25) is 11.9 Å². The molecule has 2 fully saturated rings. The van der Waals surface area contributed by atoms with E-state index in [0.717, 1.165) is 42.1 Å². The van der Waals surface area contributed by atoms with Crippen molar-refractivity contribution in [1.29, 1.82) is 0 Å². The van der Waals surface area contributed by atoms with Crippen LogP contribution in [0.15, 0.2) is 49.3 Å². The molecule has 1 saturated carbocycles. The number of carbonyl (C=O) groups is 2. The molecule has 200 valence electrons. The maximum atomic E-state index is 12.9. The molecule has 38 heavy (non-hydrogen) atoms. The van der Waals surface area contributed by atoms with Crippen molar-refractivity contribution in [3.8, 4) is 11.3 Å². The number of para-hydroxylation sites is 1. The predicted octanol–water partition coefficient (Wildman–Crippen LogP) is 5.25. The number of likely N-dealkylation sites (tertiary alicyclic amines) is 1. The number of benzene rings is 1. The fourth-order valence-corrected chi connectivity index (χ4v) is 5.61. The van der Waals surface area contributed by atoms with Gasteiger partial charge in [0.15, 0.2) is 0 Å². The summed E-state index contributed by atoms with van der Waals surface area (Å²) >= 11 is 6.49. The van der Waals surface area contributed by atoms with Gasteiger partial charge in [-0.2, -0.15) is 0 Å². The molecule has 2 aromatic heterocycles. The summed E-state index contributed by atoms with van der Waals surface area (Å²) in [5.41, 5.74) is 2.63. The van der Waals surface area contributed by atoms with Crippen molar-refractivity contribution in [3.63, 3.8) is 0 Å². The van der Waals surface area contributed by atoms with Gasteiger partial charge in [0.25, 0.3) is 0 Å². The number of nitrogens with zero attached hydrogens (tertiary/aromatic N) is 4. The molecule has 3 aromatic rings. The predicted molar refractivity (Wildman–Crippen MR) is 148 cm³/mol. The Balaban J connectivity index is 1.19. The van der Waals surface area contributed by atoms with E-state index in [4.69, 9.17) is 21.3 Å². The number of anilines is 1. The molecule has 1 aliphatic heterocycles. The van der Waals surface area contributed by atoms with Gasteiger partial charge in [0.05, 0.1) is 16.9 Å².